The van der Waals surface area contributed by atoms with Crippen molar-refractivity contribution in [2.24, 2.45) is 0 Å². The Balaban J connectivity index is 1.76. The fraction of sp³-hybridized carbons (Fsp3) is 0.333. The fourth-order valence-corrected chi connectivity index (χ4v) is 3.77. The summed E-state index contributed by atoms with van der Waals surface area (Å²) in [6.07, 6.45) is 1.85. The zero-order chi connectivity index (χ0) is 19.6. The molecule has 0 N–H and O–H groups in total. The number of rotatable bonds is 5. The van der Waals surface area contributed by atoms with Crippen LogP contribution in [0.2, 0.25) is 0 Å². The number of amides is 1. The first kappa shape index (κ1) is 19.3. The van der Waals surface area contributed by atoms with E-state index in [-0.39, 0.29) is 11.9 Å². The highest BCUT2D eigenvalue weighted by Gasteiger charge is 2.34. The molecule has 27 heavy (non-hydrogen) atoms. The fourth-order valence-electron chi connectivity index (χ4n) is 3.34. The van der Waals surface area contributed by atoms with E-state index in [9.17, 15) is 9.59 Å². The largest absolute Gasteiger partial charge is 0.496 e. The predicted molar refractivity (Wildman–Crippen MR) is 107 cm³/mol. The van der Waals surface area contributed by atoms with Crippen LogP contribution in [0.4, 0.5) is 5.69 Å². The van der Waals surface area contributed by atoms with Gasteiger partial charge in [0, 0.05) is 16.6 Å². The summed E-state index contributed by atoms with van der Waals surface area (Å²) in [5, 5.41) is 0. The minimum absolute atomic E-state index is 0.0338. The van der Waals surface area contributed by atoms with Crippen LogP contribution in [0.3, 0.4) is 0 Å². The normalized spacial score (nSPS) is 16.6. The average Bonchev–Trinajstić information content (AvgIpc) is 3.02. The lowest BCUT2D eigenvalue weighted by Crippen LogP contribution is -2.43. The van der Waals surface area contributed by atoms with E-state index in [0.29, 0.717) is 11.3 Å². The second-order valence-electron chi connectivity index (χ2n) is 6.50. The molecule has 0 spiro atoms. The molecule has 1 heterocycles. The molecule has 0 saturated carbocycles. The minimum Gasteiger partial charge on any atom is -0.496 e. The van der Waals surface area contributed by atoms with Crippen molar-refractivity contribution in [3.8, 4) is 5.75 Å². The Labute approximate surface area is 163 Å². The number of hydrogen-bond acceptors (Lipinski definition) is 5. The number of nitrogens with zero attached hydrogens (tertiary/aromatic N) is 1. The average molecular weight is 385 g/mol. The van der Waals surface area contributed by atoms with Gasteiger partial charge in [0.05, 0.1) is 7.11 Å². The maximum atomic E-state index is 13.0. The Morgan fingerprint density at radius 2 is 1.96 bits per heavy atom. The van der Waals surface area contributed by atoms with Gasteiger partial charge in [0.15, 0.2) is 6.10 Å². The number of carbonyl (C=O) groups is 2. The first-order valence-electron chi connectivity index (χ1n) is 8.80. The van der Waals surface area contributed by atoms with Crippen molar-refractivity contribution in [1.82, 2.24) is 0 Å². The summed E-state index contributed by atoms with van der Waals surface area (Å²) in [6.45, 7) is 3.60. The summed E-state index contributed by atoms with van der Waals surface area (Å²) in [6, 6.07) is 13.1. The molecule has 2 aromatic carbocycles. The van der Waals surface area contributed by atoms with E-state index >= 15 is 0 Å². The van der Waals surface area contributed by atoms with Crippen LogP contribution < -0.4 is 9.64 Å². The number of anilines is 1. The maximum Gasteiger partial charge on any atom is 0.342 e. The van der Waals surface area contributed by atoms with Gasteiger partial charge in [-0.1, -0.05) is 18.2 Å². The molecule has 0 radical (unpaired) electrons. The van der Waals surface area contributed by atoms with E-state index in [0.717, 1.165) is 22.6 Å². The maximum absolute atomic E-state index is 13.0. The lowest BCUT2D eigenvalue weighted by molar-refractivity contribution is -0.126. The number of thioether (sulfide) groups is 1. The third kappa shape index (κ3) is 3.81. The molecule has 0 fully saturated rings. The molecule has 0 aliphatic carbocycles. The van der Waals surface area contributed by atoms with Crippen molar-refractivity contribution in [3.63, 3.8) is 0 Å². The van der Waals surface area contributed by atoms with Crippen LogP contribution in [0.5, 0.6) is 5.75 Å². The molecule has 0 saturated heterocycles. The van der Waals surface area contributed by atoms with E-state index < -0.39 is 12.1 Å². The second kappa shape index (κ2) is 8.05. The van der Waals surface area contributed by atoms with Crippen LogP contribution in [0.25, 0.3) is 0 Å². The molecule has 3 rings (SSSR count). The Hall–Kier alpha value is -2.47. The highest BCUT2D eigenvalue weighted by molar-refractivity contribution is 7.98. The summed E-state index contributed by atoms with van der Waals surface area (Å²) in [4.78, 5) is 28.3. The number of benzene rings is 2. The lowest BCUT2D eigenvalue weighted by Gasteiger charge is -2.26. The zero-order valence-corrected chi connectivity index (χ0v) is 16.7. The van der Waals surface area contributed by atoms with Gasteiger partial charge in [0.25, 0.3) is 5.91 Å². The van der Waals surface area contributed by atoms with Gasteiger partial charge in [-0.3, -0.25) is 4.79 Å². The molecule has 0 unspecified atom stereocenters. The van der Waals surface area contributed by atoms with Gasteiger partial charge in [0.1, 0.15) is 11.3 Å². The number of ether oxygens (including phenoxy) is 2. The summed E-state index contributed by atoms with van der Waals surface area (Å²) in [5.74, 6) is -0.354. The molecule has 6 heteroatoms. The molecular weight excluding hydrogens is 362 g/mol. The number of carbonyl (C=O) groups excluding carboxylic acids is 2. The summed E-state index contributed by atoms with van der Waals surface area (Å²) in [7, 11) is 1.51. The molecule has 0 bridgehead atoms. The van der Waals surface area contributed by atoms with Gasteiger partial charge < -0.3 is 14.4 Å². The molecule has 5 nitrogen and oxygen atoms in total. The first-order chi connectivity index (χ1) is 13.0. The monoisotopic (exact) mass is 385 g/mol. The van der Waals surface area contributed by atoms with Crippen molar-refractivity contribution in [3.05, 3.63) is 53.6 Å². The number of methoxy groups -OCH3 is 1. The van der Waals surface area contributed by atoms with E-state index in [1.54, 1.807) is 35.7 Å². The molecule has 1 amide bonds. The SMILES string of the molecule is COc1cc(SC)ccc1C(=O)O[C@H](C)C(=O)N1c2ccccc2C[C@H]1C. The van der Waals surface area contributed by atoms with E-state index in [2.05, 4.69) is 0 Å². The van der Waals surface area contributed by atoms with E-state index in [4.69, 9.17) is 9.47 Å². The summed E-state index contributed by atoms with van der Waals surface area (Å²) >= 11 is 1.56. The topological polar surface area (TPSA) is 55.8 Å². The van der Waals surface area contributed by atoms with Crippen molar-refractivity contribution >= 4 is 29.3 Å². The van der Waals surface area contributed by atoms with Crippen LogP contribution in [-0.4, -0.2) is 37.4 Å². The molecule has 1 aliphatic rings. The van der Waals surface area contributed by atoms with Gasteiger partial charge in [0.2, 0.25) is 0 Å². The first-order valence-corrected chi connectivity index (χ1v) is 10.0. The van der Waals surface area contributed by atoms with Gasteiger partial charge in [-0.05, 0) is 56.4 Å². The van der Waals surface area contributed by atoms with E-state index in [1.165, 1.54) is 7.11 Å². The number of esters is 1. The third-order valence-corrected chi connectivity index (χ3v) is 5.43. The smallest absolute Gasteiger partial charge is 0.342 e. The Morgan fingerprint density at radius 3 is 2.67 bits per heavy atom. The van der Waals surface area contributed by atoms with Crippen LogP contribution in [-0.2, 0) is 16.0 Å². The van der Waals surface area contributed by atoms with Crippen LogP contribution in [0, 0.1) is 0 Å². The second-order valence-corrected chi connectivity index (χ2v) is 7.38. The van der Waals surface area contributed by atoms with Crippen LogP contribution >= 0.6 is 11.8 Å². The highest BCUT2D eigenvalue weighted by Crippen LogP contribution is 2.33. The standard InChI is InChI=1S/C21H23NO4S/c1-13-11-15-7-5-6-8-18(15)22(13)20(23)14(2)26-21(24)17-10-9-16(27-4)12-19(17)25-3/h5-10,12-14H,11H2,1-4H3/t13-,14-/m1/s1. The van der Waals surface area contributed by atoms with Gasteiger partial charge >= 0.3 is 5.97 Å². The Morgan fingerprint density at radius 1 is 1.22 bits per heavy atom. The van der Waals surface area contributed by atoms with Gasteiger partial charge in [-0.2, -0.15) is 0 Å². The lowest BCUT2D eigenvalue weighted by atomic mass is 10.1. The highest BCUT2D eigenvalue weighted by atomic mass is 32.2. The third-order valence-electron chi connectivity index (χ3n) is 4.70. The molecule has 0 aromatic heterocycles. The van der Waals surface area contributed by atoms with E-state index in [1.807, 2.05) is 43.5 Å². The number of fused-ring (bicyclic) bond motifs is 1. The van der Waals surface area contributed by atoms with Crippen LogP contribution in [0.15, 0.2) is 47.4 Å². The minimum atomic E-state index is -0.893. The number of hydrogen-bond donors (Lipinski definition) is 0. The molecular formula is C21H23NO4S. The molecule has 1 aliphatic heterocycles. The van der Waals surface area contributed by atoms with Crippen molar-refractivity contribution < 1.29 is 19.1 Å². The molecule has 2 aromatic rings. The Bertz CT molecular complexity index is 867. The molecule has 142 valence electrons. The van der Waals surface area contributed by atoms with Crippen molar-refractivity contribution in [2.45, 2.75) is 37.3 Å². The van der Waals surface area contributed by atoms with Gasteiger partial charge in [-0.15, -0.1) is 11.8 Å². The zero-order valence-electron chi connectivity index (χ0n) is 15.9. The summed E-state index contributed by atoms with van der Waals surface area (Å²) in [5.41, 5.74) is 2.33. The quantitative estimate of drug-likeness (QED) is 0.576. The Kier molecular flexibility index (Phi) is 5.75. The van der Waals surface area contributed by atoms with Crippen molar-refractivity contribution in [1.29, 1.82) is 0 Å². The summed E-state index contributed by atoms with van der Waals surface area (Å²) < 4.78 is 10.8. The van der Waals surface area contributed by atoms with Crippen LogP contribution in [0.1, 0.15) is 29.8 Å². The van der Waals surface area contributed by atoms with Crippen molar-refractivity contribution in [2.75, 3.05) is 18.3 Å². The number of para-hydroxylation sites is 1. The predicted octanol–water partition coefficient (Wildman–Crippen LogP) is 3.94. The van der Waals surface area contributed by atoms with Gasteiger partial charge in [-0.25, -0.2) is 4.79 Å². The molecule has 2 atom stereocenters.